The summed E-state index contributed by atoms with van der Waals surface area (Å²) in [5.41, 5.74) is 5.26. The first-order chi connectivity index (χ1) is 20.9. The minimum absolute atomic E-state index is 0.0163. The Morgan fingerprint density at radius 2 is 1.68 bits per heavy atom. The average molecular weight is 678 g/mol. The van der Waals surface area contributed by atoms with E-state index in [4.69, 9.17) is 40.2 Å². The van der Waals surface area contributed by atoms with E-state index in [1.807, 2.05) is 0 Å². The van der Waals surface area contributed by atoms with Gasteiger partial charge in [0.05, 0.1) is 38.2 Å². The molecule has 0 radical (unpaired) electrons. The maximum Gasteiger partial charge on any atom is 0.336 e. The SMILES string of the molecule is Nc1ncnc2c1ncn2[C@@H]1O[C@@H]2COP([O-])(=S)O[C@H]3[C@@H](F)[C@H](n4cnc5c(=O)[nH]cnc54)O[C@@H]3COS(=O)(=O)N[C@H]2[C@H]1F. The van der Waals surface area contributed by atoms with Gasteiger partial charge < -0.3 is 34.1 Å². The number of alkyl halides is 2. The van der Waals surface area contributed by atoms with E-state index in [1.165, 1.54) is 10.9 Å². The first-order valence-electron chi connectivity index (χ1n) is 12.7. The van der Waals surface area contributed by atoms with Crippen molar-refractivity contribution >= 4 is 57.0 Å². The van der Waals surface area contributed by atoms with Gasteiger partial charge in [-0.2, -0.15) is 13.1 Å². The van der Waals surface area contributed by atoms with E-state index in [2.05, 4.69) is 34.6 Å². The van der Waals surface area contributed by atoms with Gasteiger partial charge in [0.25, 0.3) is 5.56 Å². The van der Waals surface area contributed by atoms with Crippen LogP contribution in [0.15, 0.2) is 30.1 Å². The number of anilines is 1. The molecule has 0 aromatic carbocycles. The van der Waals surface area contributed by atoms with Crippen LogP contribution in [0.1, 0.15) is 12.5 Å². The molecule has 19 nitrogen and oxygen atoms in total. The van der Waals surface area contributed by atoms with Gasteiger partial charge in [-0.15, -0.1) is 0 Å². The molecule has 3 saturated heterocycles. The Kier molecular flexibility index (Phi) is 7.23. The van der Waals surface area contributed by atoms with Crippen LogP contribution in [0.25, 0.3) is 22.3 Å². The number of H-pyrrole nitrogens is 1. The van der Waals surface area contributed by atoms with Crippen LogP contribution in [0.5, 0.6) is 0 Å². The zero-order valence-electron chi connectivity index (χ0n) is 21.7. The third-order valence-corrected chi connectivity index (χ3v) is 9.76. The number of ether oxygens (including phenoxy) is 2. The third-order valence-electron chi connectivity index (χ3n) is 7.21. The summed E-state index contributed by atoms with van der Waals surface area (Å²) in [6, 6.07) is -1.65. The van der Waals surface area contributed by atoms with Gasteiger partial charge in [-0.05, 0) is 0 Å². The fourth-order valence-electron chi connectivity index (χ4n) is 5.21. The van der Waals surface area contributed by atoms with Crippen molar-refractivity contribution < 1.29 is 44.8 Å². The van der Waals surface area contributed by atoms with Crippen molar-refractivity contribution in [2.45, 2.75) is 49.2 Å². The molecule has 3 aliphatic rings. The lowest BCUT2D eigenvalue weighted by Gasteiger charge is -2.34. The molecule has 7 rings (SSSR count). The summed E-state index contributed by atoms with van der Waals surface area (Å²) in [5.74, 6) is 0.0163. The normalized spacial score (nSPS) is 36.1. The molecule has 0 spiro atoms. The number of halogens is 2. The van der Waals surface area contributed by atoms with Crippen molar-refractivity contribution in [1.82, 2.24) is 43.8 Å². The van der Waals surface area contributed by atoms with Gasteiger partial charge in [-0.3, -0.25) is 18.1 Å². The van der Waals surface area contributed by atoms with Crippen molar-refractivity contribution in [1.29, 1.82) is 0 Å². The second-order valence-corrected chi connectivity index (χ2v) is 13.9. The fraction of sp³-hybridized carbons (Fsp3) is 0.500. The molecule has 236 valence electrons. The molecule has 9 atom stereocenters. The highest BCUT2D eigenvalue weighted by Crippen LogP contribution is 2.48. The van der Waals surface area contributed by atoms with E-state index in [0.29, 0.717) is 0 Å². The number of fused-ring (bicyclic) bond motifs is 4. The Balaban J connectivity index is 1.17. The number of nitrogens with two attached hydrogens (primary N) is 1. The molecule has 0 aliphatic carbocycles. The second-order valence-electron chi connectivity index (χ2n) is 9.85. The molecule has 4 N–H and O–H groups in total. The molecule has 24 heteroatoms. The number of rotatable bonds is 2. The molecular weight excluding hydrogens is 657 g/mol. The predicted octanol–water partition coefficient (Wildman–Crippen LogP) is -1.77. The van der Waals surface area contributed by atoms with Crippen LogP contribution < -0.4 is 20.9 Å². The molecule has 4 aromatic heterocycles. The summed E-state index contributed by atoms with van der Waals surface area (Å²) in [5, 5.41) is 0. The zero-order chi connectivity index (χ0) is 31.0. The smallest absolute Gasteiger partial charge is 0.336 e. The van der Waals surface area contributed by atoms with E-state index in [0.717, 1.165) is 23.5 Å². The maximum absolute atomic E-state index is 15.9. The first-order valence-corrected chi connectivity index (χ1v) is 16.6. The first kappa shape index (κ1) is 29.6. The number of aromatic amines is 1. The Bertz CT molecular complexity index is 1960. The van der Waals surface area contributed by atoms with Crippen LogP contribution >= 0.6 is 6.72 Å². The van der Waals surface area contributed by atoms with Gasteiger partial charge in [0.2, 0.25) is 0 Å². The van der Waals surface area contributed by atoms with Crippen LogP contribution in [0, 0.1) is 0 Å². The van der Waals surface area contributed by atoms with E-state index in [9.17, 15) is 18.1 Å². The average Bonchev–Trinajstić information content (AvgIpc) is 3.73. The Morgan fingerprint density at radius 1 is 1.00 bits per heavy atom. The van der Waals surface area contributed by atoms with Crippen molar-refractivity contribution in [2.75, 3.05) is 18.9 Å². The van der Waals surface area contributed by atoms with Gasteiger partial charge in [0.15, 0.2) is 47.4 Å². The summed E-state index contributed by atoms with van der Waals surface area (Å²) in [6.07, 6.45) is -7.61. The van der Waals surface area contributed by atoms with Gasteiger partial charge in [0, 0.05) is 0 Å². The Labute approximate surface area is 249 Å². The summed E-state index contributed by atoms with van der Waals surface area (Å²) >= 11 is 4.99. The van der Waals surface area contributed by atoms with Gasteiger partial charge in [-0.1, -0.05) is 11.8 Å². The largest absolute Gasteiger partial charge is 0.780 e. The van der Waals surface area contributed by atoms with Crippen molar-refractivity contribution in [3.8, 4) is 0 Å². The Morgan fingerprint density at radius 3 is 2.45 bits per heavy atom. The minimum Gasteiger partial charge on any atom is -0.780 e. The molecule has 0 saturated carbocycles. The fourth-order valence-corrected chi connectivity index (χ4v) is 7.63. The lowest BCUT2D eigenvalue weighted by atomic mass is 10.1. The molecule has 44 heavy (non-hydrogen) atoms. The molecule has 0 amide bonds. The minimum atomic E-state index is -4.76. The van der Waals surface area contributed by atoms with Crippen LogP contribution in [0.4, 0.5) is 14.6 Å². The van der Waals surface area contributed by atoms with Crippen molar-refractivity contribution in [3.05, 3.63) is 35.7 Å². The van der Waals surface area contributed by atoms with Gasteiger partial charge in [-0.25, -0.2) is 33.7 Å². The monoisotopic (exact) mass is 677 g/mol. The van der Waals surface area contributed by atoms with Crippen LogP contribution in [0.3, 0.4) is 0 Å². The summed E-state index contributed by atoms with van der Waals surface area (Å²) in [7, 11) is -4.76. The molecule has 7 heterocycles. The van der Waals surface area contributed by atoms with E-state index < -0.39 is 84.9 Å². The number of hydrogen-bond acceptors (Lipinski definition) is 16. The van der Waals surface area contributed by atoms with Crippen molar-refractivity contribution in [2.24, 2.45) is 0 Å². The van der Waals surface area contributed by atoms with Gasteiger partial charge in [0.1, 0.15) is 36.9 Å². The Hall–Kier alpha value is -3.12. The van der Waals surface area contributed by atoms with Gasteiger partial charge >= 0.3 is 10.3 Å². The molecule has 3 aliphatic heterocycles. The number of nitrogens with zero attached hydrogens (tertiary/aromatic N) is 7. The number of hydrogen-bond donors (Lipinski definition) is 3. The summed E-state index contributed by atoms with van der Waals surface area (Å²) in [4.78, 5) is 47.4. The number of imidazole rings is 2. The molecule has 3 fully saturated rings. The number of aromatic nitrogens is 8. The van der Waals surface area contributed by atoms with E-state index in [1.54, 1.807) is 0 Å². The highest BCUT2D eigenvalue weighted by Gasteiger charge is 2.52. The van der Waals surface area contributed by atoms with Crippen LogP contribution in [-0.4, -0.2) is 97.4 Å². The summed E-state index contributed by atoms with van der Waals surface area (Å²) < 4.78 is 89.1. The van der Waals surface area contributed by atoms with Crippen LogP contribution in [0.2, 0.25) is 0 Å². The zero-order valence-corrected chi connectivity index (χ0v) is 24.3. The molecular formula is C20H20F2N10O9PS2-. The molecule has 4 aromatic rings. The molecule has 1 unspecified atom stereocenters. The van der Waals surface area contributed by atoms with Crippen molar-refractivity contribution in [3.63, 3.8) is 0 Å². The summed E-state index contributed by atoms with van der Waals surface area (Å²) in [6.45, 7) is -6.18. The van der Waals surface area contributed by atoms with E-state index in [-0.39, 0.29) is 28.1 Å². The maximum atomic E-state index is 15.9. The quantitative estimate of drug-likeness (QED) is 0.199. The highest BCUT2D eigenvalue weighted by molar-refractivity contribution is 8.06. The topological polar surface area (TPSA) is 249 Å². The number of nitrogens with one attached hydrogen (secondary N) is 2. The van der Waals surface area contributed by atoms with Crippen LogP contribution in [-0.2, 0) is 44.8 Å². The third kappa shape index (κ3) is 5.07. The highest BCUT2D eigenvalue weighted by atomic mass is 32.5. The predicted molar refractivity (Wildman–Crippen MR) is 142 cm³/mol. The second kappa shape index (κ2) is 10.8. The molecule has 0 bridgehead atoms. The standard InChI is InChI=1S/C20H21F2N10O9PS2/c21-9-11-7(39-19(9)31-5-28-12-15(23)24-3-25-16(12)31)1-37-42(34,43)41-14-8(2-38-44(35,36)30-11)40-20(10(14)22)32-6-29-13-17(32)26-4-27-18(13)33/h3-11,14,19-20,30H,1-2H2,(H,34,43)(H2,23,24,25)(H,26,27,33)/p-1/t7-,8-,9-,10-,11-,14-,19-,20-,42?/m1/s1. The van der Waals surface area contributed by atoms with E-state index >= 15 is 8.78 Å². The lowest BCUT2D eigenvalue weighted by molar-refractivity contribution is -0.216. The lowest BCUT2D eigenvalue weighted by Crippen LogP contribution is -2.49. The number of nitrogen functional groups attached to an aromatic ring is 1.